The van der Waals surface area contributed by atoms with E-state index in [-0.39, 0.29) is 17.9 Å². The highest BCUT2D eigenvalue weighted by molar-refractivity contribution is 5.94. The Morgan fingerprint density at radius 3 is 2.54 bits per heavy atom. The molecule has 0 radical (unpaired) electrons. The Labute approximate surface area is 215 Å². The van der Waals surface area contributed by atoms with E-state index in [1.807, 2.05) is 64.4 Å². The highest BCUT2D eigenvalue weighted by Crippen LogP contribution is 2.41. The lowest BCUT2D eigenvalue weighted by Gasteiger charge is -2.25. The lowest BCUT2D eigenvalue weighted by molar-refractivity contribution is -0.129. The number of imidazole rings is 1. The van der Waals surface area contributed by atoms with Gasteiger partial charge in [-0.15, -0.1) is 0 Å². The SMILES string of the molecule is CC(=O)N1CCCC1c1cc2[nH]c(-c3ccccn3)nc2cc1Oc1ccc(C(=O)N2CCCC2)cc1. The third-order valence-electron chi connectivity index (χ3n) is 7.26. The normalized spacial score (nSPS) is 17.5. The number of nitrogens with one attached hydrogen (secondary N) is 1. The number of hydrogen-bond donors (Lipinski definition) is 1. The number of ether oxygens (including phenoxy) is 1. The van der Waals surface area contributed by atoms with Crippen LogP contribution in [-0.2, 0) is 4.79 Å². The number of amides is 2. The molecule has 1 N–H and O–H groups in total. The van der Waals surface area contributed by atoms with Gasteiger partial charge in [0.05, 0.1) is 17.1 Å². The first-order chi connectivity index (χ1) is 18.1. The summed E-state index contributed by atoms with van der Waals surface area (Å²) in [5, 5.41) is 0. The number of aromatic nitrogens is 3. The van der Waals surface area contributed by atoms with E-state index in [2.05, 4.69) is 9.97 Å². The molecule has 2 fully saturated rings. The fourth-order valence-electron chi connectivity index (χ4n) is 5.39. The first kappa shape index (κ1) is 23.2. The maximum atomic E-state index is 12.7. The van der Waals surface area contributed by atoms with E-state index in [0.717, 1.165) is 67.6 Å². The Hall–Kier alpha value is -4.20. The summed E-state index contributed by atoms with van der Waals surface area (Å²) >= 11 is 0. The zero-order valence-electron chi connectivity index (χ0n) is 20.8. The lowest BCUT2D eigenvalue weighted by Crippen LogP contribution is -2.28. The predicted octanol–water partition coefficient (Wildman–Crippen LogP) is 5.34. The zero-order chi connectivity index (χ0) is 25.4. The van der Waals surface area contributed by atoms with E-state index < -0.39 is 0 Å². The highest BCUT2D eigenvalue weighted by atomic mass is 16.5. The molecule has 4 heterocycles. The Morgan fingerprint density at radius 1 is 1.00 bits per heavy atom. The van der Waals surface area contributed by atoms with Crippen molar-refractivity contribution in [1.82, 2.24) is 24.8 Å². The second-order valence-electron chi connectivity index (χ2n) is 9.70. The van der Waals surface area contributed by atoms with Gasteiger partial charge in [0.15, 0.2) is 5.82 Å². The third kappa shape index (κ3) is 4.55. The molecule has 2 aliphatic heterocycles. The fraction of sp³-hybridized carbons (Fsp3) is 0.310. The van der Waals surface area contributed by atoms with E-state index in [9.17, 15) is 9.59 Å². The van der Waals surface area contributed by atoms with E-state index in [4.69, 9.17) is 9.72 Å². The van der Waals surface area contributed by atoms with Crippen molar-refractivity contribution in [3.05, 3.63) is 71.9 Å². The van der Waals surface area contributed by atoms with Crippen LogP contribution >= 0.6 is 0 Å². The first-order valence-electron chi connectivity index (χ1n) is 12.9. The average molecular weight is 496 g/mol. The molecule has 8 heteroatoms. The van der Waals surface area contributed by atoms with E-state index in [0.29, 0.717) is 22.9 Å². The van der Waals surface area contributed by atoms with Gasteiger partial charge in [-0.3, -0.25) is 14.6 Å². The molecule has 188 valence electrons. The summed E-state index contributed by atoms with van der Waals surface area (Å²) in [6.07, 6.45) is 5.67. The molecule has 37 heavy (non-hydrogen) atoms. The molecule has 2 saturated heterocycles. The minimum atomic E-state index is -0.0745. The summed E-state index contributed by atoms with van der Waals surface area (Å²) < 4.78 is 6.40. The number of aromatic amines is 1. The summed E-state index contributed by atoms with van der Waals surface area (Å²) in [4.78, 5) is 41.5. The molecule has 0 bridgehead atoms. The van der Waals surface area contributed by atoms with Crippen LogP contribution in [0.4, 0.5) is 0 Å². The Kier molecular flexibility index (Phi) is 6.08. The molecular formula is C29H29N5O3. The topological polar surface area (TPSA) is 91.4 Å². The fourth-order valence-corrected chi connectivity index (χ4v) is 5.39. The van der Waals surface area contributed by atoms with Crippen molar-refractivity contribution >= 4 is 22.8 Å². The van der Waals surface area contributed by atoms with Gasteiger partial charge in [0, 0.05) is 49.9 Å². The molecular weight excluding hydrogens is 466 g/mol. The monoisotopic (exact) mass is 495 g/mol. The molecule has 0 saturated carbocycles. The number of likely N-dealkylation sites (tertiary alicyclic amines) is 2. The van der Waals surface area contributed by atoms with E-state index in [1.54, 1.807) is 13.1 Å². The maximum absolute atomic E-state index is 12.7. The summed E-state index contributed by atoms with van der Waals surface area (Å²) in [6.45, 7) is 3.98. The number of fused-ring (bicyclic) bond motifs is 1. The predicted molar refractivity (Wildman–Crippen MR) is 140 cm³/mol. The Balaban J connectivity index is 1.36. The van der Waals surface area contributed by atoms with Crippen LogP contribution in [0.3, 0.4) is 0 Å². The van der Waals surface area contributed by atoms with Crippen LogP contribution in [0, 0.1) is 0 Å². The quantitative estimate of drug-likeness (QED) is 0.404. The van der Waals surface area contributed by atoms with Gasteiger partial charge in [0.25, 0.3) is 5.91 Å². The summed E-state index contributed by atoms with van der Waals surface area (Å²) in [5.41, 5.74) is 3.98. The molecule has 4 aromatic rings. The van der Waals surface area contributed by atoms with Gasteiger partial charge >= 0.3 is 0 Å². The summed E-state index contributed by atoms with van der Waals surface area (Å²) in [5.74, 6) is 2.08. The van der Waals surface area contributed by atoms with Gasteiger partial charge in [0.1, 0.15) is 17.2 Å². The van der Waals surface area contributed by atoms with Crippen LogP contribution in [0.5, 0.6) is 11.5 Å². The number of pyridine rings is 1. The molecule has 2 aromatic carbocycles. The number of nitrogens with zero attached hydrogens (tertiary/aromatic N) is 4. The number of carbonyl (C=O) groups is 2. The number of carbonyl (C=O) groups excluding carboxylic acids is 2. The van der Waals surface area contributed by atoms with Crippen LogP contribution in [0.1, 0.15) is 54.6 Å². The second kappa shape index (κ2) is 9.69. The molecule has 2 aliphatic rings. The van der Waals surface area contributed by atoms with Crippen molar-refractivity contribution < 1.29 is 14.3 Å². The lowest BCUT2D eigenvalue weighted by atomic mass is 10.0. The van der Waals surface area contributed by atoms with Crippen molar-refractivity contribution in [2.45, 2.75) is 38.6 Å². The molecule has 0 aliphatic carbocycles. The van der Waals surface area contributed by atoms with Gasteiger partial charge in [-0.25, -0.2) is 4.98 Å². The maximum Gasteiger partial charge on any atom is 0.253 e. The summed E-state index contributed by atoms with van der Waals surface area (Å²) in [6, 6.07) is 16.9. The standard InChI is InChI=1S/C29H29N5O3/c1-19(35)34-16-6-8-26(34)22-17-24-25(32-28(31-24)23-7-2-3-13-30-23)18-27(22)37-21-11-9-20(10-12-21)29(36)33-14-4-5-15-33/h2-3,7,9-13,17-18,26H,4-6,8,14-16H2,1H3,(H,31,32). The molecule has 0 spiro atoms. The Morgan fingerprint density at radius 2 is 1.81 bits per heavy atom. The smallest absolute Gasteiger partial charge is 0.253 e. The third-order valence-corrected chi connectivity index (χ3v) is 7.26. The van der Waals surface area contributed by atoms with E-state index >= 15 is 0 Å². The molecule has 2 aromatic heterocycles. The van der Waals surface area contributed by atoms with Crippen molar-refractivity contribution in [2.24, 2.45) is 0 Å². The molecule has 8 nitrogen and oxygen atoms in total. The molecule has 1 atom stereocenters. The average Bonchev–Trinajstić information content (AvgIpc) is 3.69. The van der Waals surface area contributed by atoms with Crippen molar-refractivity contribution in [2.75, 3.05) is 19.6 Å². The van der Waals surface area contributed by atoms with Crippen molar-refractivity contribution in [3.8, 4) is 23.0 Å². The van der Waals surface area contributed by atoms with Crippen LogP contribution < -0.4 is 4.74 Å². The highest BCUT2D eigenvalue weighted by Gasteiger charge is 2.31. The second-order valence-corrected chi connectivity index (χ2v) is 9.70. The zero-order valence-corrected chi connectivity index (χ0v) is 20.8. The van der Waals surface area contributed by atoms with Crippen molar-refractivity contribution in [1.29, 1.82) is 0 Å². The number of hydrogen-bond acceptors (Lipinski definition) is 5. The van der Waals surface area contributed by atoms with Crippen LogP contribution in [0.25, 0.3) is 22.6 Å². The van der Waals surface area contributed by atoms with Crippen molar-refractivity contribution in [3.63, 3.8) is 0 Å². The van der Waals surface area contributed by atoms with Gasteiger partial charge < -0.3 is 19.5 Å². The number of rotatable bonds is 5. The van der Waals surface area contributed by atoms with Gasteiger partial charge in [-0.2, -0.15) is 0 Å². The molecule has 6 rings (SSSR count). The van der Waals surface area contributed by atoms with Crippen LogP contribution in [-0.4, -0.2) is 56.2 Å². The van der Waals surface area contributed by atoms with Gasteiger partial charge in [0.2, 0.25) is 5.91 Å². The first-order valence-corrected chi connectivity index (χ1v) is 12.9. The number of benzene rings is 2. The minimum Gasteiger partial charge on any atom is -0.457 e. The van der Waals surface area contributed by atoms with Crippen LogP contribution in [0.2, 0.25) is 0 Å². The number of H-pyrrole nitrogens is 1. The molecule has 1 unspecified atom stereocenters. The van der Waals surface area contributed by atoms with Gasteiger partial charge in [-0.05, 0) is 68.1 Å². The minimum absolute atomic E-state index is 0.0529. The summed E-state index contributed by atoms with van der Waals surface area (Å²) in [7, 11) is 0. The Bertz CT molecular complexity index is 1440. The molecule has 2 amide bonds. The van der Waals surface area contributed by atoms with Crippen LogP contribution in [0.15, 0.2) is 60.8 Å². The largest absolute Gasteiger partial charge is 0.457 e. The van der Waals surface area contributed by atoms with Gasteiger partial charge in [-0.1, -0.05) is 6.07 Å². The van der Waals surface area contributed by atoms with E-state index in [1.165, 1.54) is 0 Å².